The highest BCUT2D eigenvalue weighted by Crippen LogP contribution is 2.32. The standard InChI is InChI=1S/C17H11F3N2O2S/c18-17(19,20)12-5-2-6-13(8-12)21-16-22-14(9-25-16)10-3-1-4-11(7-10)15(23)24/h1-9H,(H,21,22)(H,23,24). The van der Waals surface area contributed by atoms with Crippen molar-refractivity contribution in [2.45, 2.75) is 6.18 Å². The minimum Gasteiger partial charge on any atom is -0.478 e. The first-order chi connectivity index (χ1) is 11.8. The molecule has 1 heterocycles. The second-order valence-corrected chi connectivity index (χ2v) is 5.99. The van der Waals surface area contributed by atoms with E-state index in [4.69, 9.17) is 5.11 Å². The molecule has 0 aliphatic carbocycles. The lowest BCUT2D eigenvalue weighted by atomic mass is 10.1. The lowest BCUT2D eigenvalue weighted by Gasteiger charge is -2.08. The average molecular weight is 364 g/mol. The number of rotatable bonds is 4. The largest absolute Gasteiger partial charge is 0.478 e. The summed E-state index contributed by atoms with van der Waals surface area (Å²) in [7, 11) is 0. The highest BCUT2D eigenvalue weighted by Gasteiger charge is 2.30. The fourth-order valence-corrected chi connectivity index (χ4v) is 2.91. The van der Waals surface area contributed by atoms with E-state index in [-0.39, 0.29) is 11.3 Å². The lowest BCUT2D eigenvalue weighted by molar-refractivity contribution is -0.137. The van der Waals surface area contributed by atoms with Crippen LogP contribution in [0.2, 0.25) is 0 Å². The molecule has 4 nitrogen and oxygen atoms in total. The van der Waals surface area contributed by atoms with Crippen LogP contribution in [0.15, 0.2) is 53.9 Å². The number of benzene rings is 2. The molecule has 0 spiro atoms. The number of halogens is 3. The van der Waals surface area contributed by atoms with Gasteiger partial charge in [0.25, 0.3) is 0 Å². The number of alkyl halides is 3. The maximum Gasteiger partial charge on any atom is 0.416 e. The molecule has 0 aliphatic rings. The predicted octanol–water partition coefficient (Wildman–Crippen LogP) is 5.27. The van der Waals surface area contributed by atoms with Gasteiger partial charge in [-0.15, -0.1) is 11.3 Å². The molecule has 8 heteroatoms. The fraction of sp³-hybridized carbons (Fsp3) is 0.0588. The van der Waals surface area contributed by atoms with Crippen LogP contribution in [0.3, 0.4) is 0 Å². The monoisotopic (exact) mass is 364 g/mol. The zero-order valence-electron chi connectivity index (χ0n) is 12.5. The van der Waals surface area contributed by atoms with E-state index in [2.05, 4.69) is 10.3 Å². The molecule has 0 radical (unpaired) electrons. The maximum absolute atomic E-state index is 12.7. The van der Waals surface area contributed by atoms with Crippen LogP contribution in [0.1, 0.15) is 15.9 Å². The van der Waals surface area contributed by atoms with Crippen LogP contribution >= 0.6 is 11.3 Å². The summed E-state index contributed by atoms with van der Waals surface area (Å²) >= 11 is 1.22. The van der Waals surface area contributed by atoms with Crippen molar-refractivity contribution in [2.75, 3.05) is 5.32 Å². The van der Waals surface area contributed by atoms with E-state index in [1.165, 1.54) is 35.6 Å². The molecular formula is C17H11F3N2O2S. The predicted molar refractivity (Wildman–Crippen MR) is 89.2 cm³/mol. The lowest BCUT2D eigenvalue weighted by Crippen LogP contribution is -2.05. The van der Waals surface area contributed by atoms with Crippen LogP contribution in [-0.4, -0.2) is 16.1 Å². The number of carboxylic acids is 1. The summed E-state index contributed by atoms with van der Waals surface area (Å²) in [5.41, 5.74) is 0.826. The van der Waals surface area contributed by atoms with E-state index < -0.39 is 17.7 Å². The number of hydrogen-bond acceptors (Lipinski definition) is 4. The minimum atomic E-state index is -4.41. The van der Waals surface area contributed by atoms with Crippen molar-refractivity contribution in [1.82, 2.24) is 4.98 Å². The Morgan fingerprint density at radius 2 is 1.88 bits per heavy atom. The Bertz CT molecular complexity index is 922. The molecule has 2 N–H and O–H groups in total. The van der Waals surface area contributed by atoms with Crippen molar-refractivity contribution >= 4 is 28.1 Å². The molecule has 25 heavy (non-hydrogen) atoms. The van der Waals surface area contributed by atoms with Crippen molar-refractivity contribution < 1.29 is 23.1 Å². The van der Waals surface area contributed by atoms with Gasteiger partial charge in [0, 0.05) is 16.6 Å². The Kier molecular flexibility index (Phi) is 4.45. The topological polar surface area (TPSA) is 62.2 Å². The number of aromatic nitrogens is 1. The molecule has 0 atom stereocenters. The van der Waals surface area contributed by atoms with Gasteiger partial charge in [0.05, 0.1) is 16.8 Å². The van der Waals surface area contributed by atoms with Gasteiger partial charge in [0.1, 0.15) is 0 Å². The van der Waals surface area contributed by atoms with E-state index >= 15 is 0 Å². The van der Waals surface area contributed by atoms with Crippen molar-refractivity contribution in [3.63, 3.8) is 0 Å². The quantitative estimate of drug-likeness (QED) is 0.662. The van der Waals surface area contributed by atoms with Crippen molar-refractivity contribution in [3.8, 4) is 11.3 Å². The van der Waals surface area contributed by atoms with E-state index in [0.29, 0.717) is 16.4 Å². The van der Waals surface area contributed by atoms with Gasteiger partial charge in [-0.3, -0.25) is 0 Å². The third-order valence-electron chi connectivity index (χ3n) is 3.35. The van der Waals surface area contributed by atoms with Gasteiger partial charge in [0.2, 0.25) is 0 Å². The number of carbonyl (C=O) groups is 1. The molecule has 0 saturated heterocycles. The van der Waals surface area contributed by atoms with Crippen LogP contribution < -0.4 is 5.32 Å². The summed E-state index contributed by atoms with van der Waals surface area (Å²) in [5.74, 6) is -1.04. The molecule has 0 aliphatic heterocycles. The molecule has 1 aromatic heterocycles. The Labute approximate surface area is 144 Å². The van der Waals surface area contributed by atoms with Crippen LogP contribution in [0.25, 0.3) is 11.3 Å². The molecule has 0 fully saturated rings. The second-order valence-electron chi connectivity index (χ2n) is 5.13. The highest BCUT2D eigenvalue weighted by atomic mass is 32.1. The Morgan fingerprint density at radius 3 is 2.60 bits per heavy atom. The first kappa shape index (κ1) is 17.0. The molecular weight excluding hydrogens is 353 g/mol. The first-order valence-corrected chi connectivity index (χ1v) is 7.94. The van der Waals surface area contributed by atoms with Gasteiger partial charge in [-0.25, -0.2) is 9.78 Å². The molecule has 0 amide bonds. The Hall–Kier alpha value is -2.87. The molecule has 0 bridgehead atoms. The number of carboxylic acid groups (broad SMARTS) is 1. The third kappa shape index (κ3) is 3.97. The van der Waals surface area contributed by atoms with Gasteiger partial charge in [0.15, 0.2) is 5.13 Å². The van der Waals surface area contributed by atoms with Gasteiger partial charge in [-0.1, -0.05) is 18.2 Å². The summed E-state index contributed by atoms with van der Waals surface area (Å²) in [6.45, 7) is 0. The van der Waals surface area contributed by atoms with Gasteiger partial charge in [-0.05, 0) is 30.3 Å². The minimum absolute atomic E-state index is 0.137. The molecule has 128 valence electrons. The number of aromatic carboxylic acids is 1. The average Bonchev–Trinajstić information content (AvgIpc) is 3.03. The molecule has 3 rings (SSSR count). The van der Waals surface area contributed by atoms with Crippen LogP contribution in [-0.2, 0) is 6.18 Å². The van der Waals surface area contributed by atoms with E-state index in [1.807, 2.05) is 0 Å². The normalized spacial score (nSPS) is 11.3. The number of anilines is 2. The van der Waals surface area contributed by atoms with Gasteiger partial charge < -0.3 is 10.4 Å². The Morgan fingerprint density at radius 1 is 1.12 bits per heavy atom. The van der Waals surface area contributed by atoms with Gasteiger partial charge in [-0.2, -0.15) is 13.2 Å². The van der Waals surface area contributed by atoms with Crippen LogP contribution in [0, 0.1) is 0 Å². The maximum atomic E-state index is 12.7. The van der Waals surface area contributed by atoms with Crippen LogP contribution in [0.5, 0.6) is 0 Å². The molecule has 3 aromatic rings. The summed E-state index contributed by atoms with van der Waals surface area (Å²) < 4.78 is 38.2. The van der Waals surface area contributed by atoms with E-state index in [9.17, 15) is 18.0 Å². The number of hydrogen-bond donors (Lipinski definition) is 2. The molecule has 0 saturated carbocycles. The van der Waals surface area contributed by atoms with Crippen molar-refractivity contribution in [2.24, 2.45) is 0 Å². The second kappa shape index (κ2) is 6.56. The zero-order chi connectivity index (χ0) is 18.0. The number of nitrogens with one attached hydrogen (secondary N) is 1. The van der Waals surface area contributed by atoms with Crippen LogP contribution in [0.4, 0.5) is 24.0 Å². The summed E-state index contributed by atoms with van der Waals surface area (Å²) in [4.78, 5) is 15.3. The Balaban J connectivity index is 1.83. The van der Waals surface area contributed by atoms with Crippen molar-refractivity contribution in [3.05, 3.63) is 65.0 Å². The number of nitrogens with zero attached hydrogens (tertiary/aromatic N) is 1. The smallest absolute Gasteiger partial charge is 0.416 e. The highest BCUT2D eigenvalue weighted by molar-refractivity contribution is 7.14. The van der Waals surface area contributed by atoms with E-state index in [1.54, 1.807) is 17.5 Å². The van der Waals surface area contributed by atoms with Gasteiger partial charge >= 0.3 is 12.1 Å². The SMILES string of the molecule is O=C(O)c1cccc(-c2csc(Nc3cccc(C(F)(F)F)c3)n2)c1. The number of thiazole rings is 1. The molecule has 0 unspecified atom stereocenters. The summed E-state index contributed by atoms with van der Waals surface area (Å²) in [5, 5.41) is 14.0. The summed E-state index contributed by atoms with van der Waals surface area (Å²) in [6.07, 6.45) is -4.41. The first-order valence-electron chi connectivity index (χ1n) is 7.06. The fourth-order valence-electron chi connectivity index (χ4n) is 2.17. The summed E-state index contributed by atoms with van der Waals surface area (Å²) in [6, 6.07) is 11.1. The molecule has 2 aromatic carbocycles. The van der Waals surface area contributed by atoms with Crippen molar-refractivity contribution in [1.29, 1.82) is 0 Å². The van der Waals surface area contributed by atoms with E-state index in [0.717, 1.165) is 12.1 Å². The third-order valence-corrected chi connectivity index (χ3v) is 4.11. The zero-order valence-corrected chi connectivity index (χ0v) is 13.4.